The van der Waals surface area contributed by atoms with Gasteiger partial charge >= 0.3 is 12.0 Å². The average Bonchev–Trinajstić information content (AvgIpc) is 2.80. The van der Waals surface area contributed by atoms with Crippen LogP contribution in [0.25, 0.3) is 0 Å². The summed E-state index contributed by atoms with van der Waals surface area (Å²) in [6.07, 6.45) is 0. The molecule has 0 aliphatic carbocycles. The third-order valence-corrected chi connectivity index (χ3v) is 2.42. The minimum absolute atomic E-state index is 0.0410. The lowest BCUT2D eigenvalue weighted by Gasteiger charge is -2.06. The summed E-state index contributed by atoms with van der Waals surface area (Å²) in [5, 5.41) is 16.6. The van der Waals surface area contributed by atoms with Crippen LogP contribution in [0.1, 0.15) is 25.6 Å². The number of nitrogens with one attached hydrogen (secondary N) is 2. The highest BCUT2D eigenvalue weighted by Crippen LogP contribution is 2.03. The monoisotopic (exact) mass is 282 g/mol. The van der Waals surface area contributed by atoms with Gasteiger partial charge in [-0.15, -0.1) is 0 Å². The lowest BCUT2D eigenvalue weighted by atomic mass is 10.1. The maximum absolute atomic E-state index is 11.6. The molecule has 20 heavy (non-hydrogen) atoms. The van der Waals surface area contributed by atoms with E-state index in [0.717, 1.165) is 0 Å². The summed E-state index contributed by atoms with van der Waals surface area (Å²) >= 11 is 0. The third kappa shape index (κ3) is 4.19. The van der Waals surface area contributed by atoms with Gasteiger partial charge in [0.15, 0.2) is 5.82 Å². The van der Waals surface area contributed by atoms with Crippen LogP contribution < -0.4 is 10.6 Å². The van der Waals surface area contributed by atoms with Crippen molar-refractivity contribution in [3.63, 3.8) is 0 Å². The molecule has 3 amide bonds. The maximum Gasteiger partial charge on any atom is 0.331 e. The summed E-state index contributed by atoms with van der Waals surface area (Å²) in [5.74, 6) is -1.39. The van der Waals surface area contributed by atoms with E-state index in [0.29, 0.717) is 5.82 Å². The van der Waals surface area contributed by atoms with Crippen molar-refractivity contribution >= 4 is 17.9 Å². The Hall–Kier alpha value is -2.71. The molecule has 9 heteroatoms. The highest BCUT2D eigenvalue weighted by molar-refractivity contribution is 6.07. The molecule has 1 heterocycles. The van der Waals surface area contributed by atoms with E-state index in [1.165, 1.54) is 13.8 Å². The van der Waals surface area contributed by atoms with Crippen LogP contribution in [-0.4, -0.2) is 33.2 Å². The largest absolute Gasteiger partial charge is 0.478 e. The molecule has 3 N–H and O–H groups in total. The molecule has 0 atom stereocenters. The van der Waals surface area contributed by atoms with Crippen LogP contribution in [0.2, 0.25) is 0 Å². The Morgan fingerprint density at radius 2 is 1.90 bits per heavy atom. The van der Waals surface area contributed by atoms with Crippen molar-refractivity contribution in [1.29, 1.82) is 0 Å². The van der Waals surface area contributed by atoms with E-state index in [9.17, 15) is 14.4 Å². The number of carboxylic acid groups (broad SMARTS) is 1. The number of hydrogen-bond donors (Lipinski definition) is 3. The Morgan fingerprint density at radius 3 is 2.40 bits per heavy atom. The molecule has 0 spiro atoms. The fourth-order valence-corrected chi connectivity index (χ4v) is 1.14. The second-order valence-corrected chi connectivity index (χ2v) is 3.93. The number of aromatic nitrogens is 2. The third-order valence-electron chi connectivity index (χ3n) is 2.42. The van der Waals surface area contributed by atoms with Crippen LogP contribution in [0.15, 0.2) is 15.7 Å². The van der Waals surface area contributed by atoms with Crippen LogP contribution in [0.3, 0.4) is 0 Å². The molecule has 0 bridgehead atoms. The highest BCUT2D eigenvalue weighted by Gasteiger charge is 2.15. The van der Waals surface area contributed by atoms with Crippen LogP contribution >= 0.6 is 0 Å². The number of amides is 3. The average molecular weight is 282 g/mol. The highest BCUT2D eigenvalue weighted by atomic mass is 16.5. The summed E-state index contributed by atoms with van der Waals surface area (Å²) in [4.78, 5) is 37.5. The normalized spacial score (nSPS) is 11.6. The van der Waals surface area contributed by atoms with E-state index in [2.05, 4.69) is 15.5 Å². The first kappa shape index (κ1) is 15.3. The molecule has 1 aromatic rings. The molecule has 9 nitrogen and oxygen atoms in total. The van der Waals surface area contributed by atoms with E-state index in [1.807, 2.05) is 5.32 Å². The van der Waals surface area contributed by atoms with Gasteiger partial charge in [-0.2, -0.15) is 4.98 Å². The molecular weight excluding hydrogens is 268 g/mol. The lowest BCUT2D eigenvalue weighted by Crippen LogP contribution is -2.39. The zero-order valence-corrected chi connectivity index (χ0v) is 11.2. The number of carbonyl (C=O) groups is 3. The first-order valence-corrected chi connectivity index (χ1v) is 5.60. The first-order chi connectivity index (χ1) is 9.31. The van der Waals surface area contributed by atoms with Crippen LogP contribution in [0, 0.1) is 6.92 Å². The summed E-state index contributed by atoms with van der Waals surface area (Å²) in [7, 11) is 0. The molecule has 1 rings (SSSR count). The first-order valence-electron chi connectivity index (χ1n) is 5.60. The number of carboxylic acids is 1. The smallest absolute Gasteiger partial charge is 0.331 e. The summed E-state index contributed by atoms with van der Waals surface area (Å²) in [5.41, 5.74) is -0.191. The van der Waals surface area contributed by atoms with Crippen molar-refractivity contribution in [3.8, 4) is 0 Å². The Labute approximate surface area is 114 Å². The van der Waals surface area contributed by atoms with Crippen molar-refractivity contribution in [2.45, 2.75) is 27.3 Å². The number of carbonyl (C=O) groups excluding carboxylic acids is 2. The van der Waals surface area contributed by atoms with Gasteiger partial charge in [0.1, 0.15) is 0 Å². The van der Waals surface area contributed by atoms with Crippen LogP contribution in [0.4, 0.5) is 4.79 Å². The number of imide groups is 1. The fourth-order valence-electron chi connectivity index (χ4n) is 1.14. The fraction of sp³-hybridized carbons (Fsp3) is 0.364. The van der Waals surface area contributed by atoms with Crippen molar-refractivity contribution in [2.75, 3.05) is 0 Å². The Bertz CT molecular complexity index is 575. The van der Waals surface area contributed by atoms with Gasteiger partial charge in [0.2, 0.25) is 5.89 Å². The topological polar surface area (TPSA) is 134 Å². The summed E-state index contributed by atoms with van der Waals surface area (Å²) in [6, 6.07) is -0.789. The quantitative estimate of drug-likeness (QED) is 0.668. The molecule has 0 unspecified atom stereocenters. The van der Waals surface area contributed by atoms with E-state index in [-0.39, 0.29) is 23.6 Å². The van der Waals surface area contributed by atoms with E-state index < -0.39 is 17.9 Å². The zero-order valence-electron chi connectivity index (χ0n) is 11.2. The van der Waals surface area contributed by atoms with Gasteiger partial charge in [0, 0.05) is 11.1 Å². The van der Waals surface area contributed by atoms with Crippen LogP contribution in [-0.2, 0) is 16.1 Å². The van der Waals surface area contributed by atoms with Crippen molar-refractivity contribution < 1.29 is 24.0 Å². The standard InChI is InChI=1S/C11H14N4O5/c1-5(6(2)10(17)18)9(16)14-11(19)12-4-8-13-7(3)15-20-8/h4H2,1-3H3,(H,17,18)(H2,12,14,16,19). The van der Waals surface area contributed by atoms with Gasteiger partial charge in [-0.3, -0.25) is 10.1 Å². The van der Waals surface area contributed by atoms with Gasteiger partial charge in [-0.05, 0) is 20.8 Å². The maximum atomic E-state index is 11.6. The van der Waals surface area contributed by atoms with E-state index in [4.69, 9.17) is 9.63 Å². The van der Waals surface area contributed by atoms with Crippen LogP contribution in [0.5, 0.6) is 0 Å². The summed E-state index contributed by atoms with van der Waals surface area (Å²) in [6.45, 7) is 4.17. The van der Waals surface area contributed by atoms with Gasteiger partial charge in [-0.1, -0.05) is 5.16 Å². The zero-order chi connectivity index (χ0) is 15.3. The number of hydrogen-bond acceptors (Lipinski definition) is 6. The van der Waals surface area contributed by atoms with Gasteiger partial charge < -0.3 is 14.9 Å². The Kier molecular flexibility index (Phi) is 4.95. The molecule has 108 valence electrons. The van der Waals surface area contributed by atoms with Gasteiger partial charge in [0.25, 0.3) is 5.91 Å². The Morgan fingerprint density at radius 1 is 1.25 bits per heavy atom. The minimum Gasteiger partial charge on any atom is -0.478 e. The van der Waals surface area contributed by atoms with Gasteiger partial charge in [-0.25, -0.2) is 9.59 Å². The van der Waals surface area contributed by atoms with Crippen molar-refractivity contribution in [1.82, 2.24) is 20.8 Å². The SMILES string of the molecule is CC(C(=O)O)=C(C)C(=O)NC(=O)NCc1nc(C)no1. The molecule has 1 aromatic heterocycles. The molecule has 0 aliphatic heterocycles. The molecular formula is C11H14N4O5. The predicted octanol–water partition coefficient (Wildman–Crippen LogP) is 0.125. The van der Waals surface area contributed by atoms with E-state index >= 15 is 0 Å². The number of aryl methyl sites for hydroxylation is 1. The molecule has 0 radical (unpaired) electrons. The second kappa shape index (κ2) is 6.45. The predicted molar refractivity (Wildman–Crippen MR) is 65.4 cm³/mol. The summed E-state index contributed by atoms with van der Waals surface area (Å²) < 4.78 is 4.76. The molecule has 0 aliphatic rings. The Balaban J connectivity index is 2.52. The molecule has 0 saturated heterocycles. The number of nitrogens with zero attached hydrogens (tertiary/aromatic N) is 2. The number of rotatable bonds is 4. The lowest BCUT2D eigenvalue weighted by molar-refractivity contribution is -0.133. The van der Waals surface area contributed by atoms with Gasteiger partial charge in [0.05, 0.1) is 6.54 Å². The number of urea groups is 1. The van der Waals surface area contributed by atoms with Crippen molar-refractivity contribution in [3.05, 3.63) is 22.9 Å². The molecule has 0 fully saturated rings. The second-order valence-electron chi connectivity index (χ2n) is 3.93. The minimum atomic E-state index is -1.22. The van der Waals surface area contributed by atoms with Crippen molar-refractivity contribution in [2.24, 2.45) is 0 Å². The van der Waals surface area contributed by atoms with E-state index in [1.54, 1.807) is 6.92 Å². The number of aliphatic carboxylic acids is 1. The molecule has 0 aromatic carbocycles. The molecule has 0 saturated carbocycles.